The van der Waals surface area contributed by atoms with E-state index in [9.17, 15) is 25.2 Å². The molecule has 122 valence electrons. The van der Waals surface area contributed by atoms with Gasteiger partial charge in [0.15, 0.2) is 0 Å². The fraction of sp³-hybridized carbons (Fsp3) is 0.533. The van der Waals surface area contributed by atoms with E-state index in [0.29, 0.717) is 5.56 Å². The van der Waals surface area contributed by atoms with E-state index in [1.807, 2.05) is 0 Å². The number of ether oxygens (including phenoxy) is 2. The minimum atomic E-state index is -2.02. The van der Waals surface area contributed by atoms with Gasteiger partial charge in [-0.2, -0.15) is 0 Å². The lowest BCUT2D eigenvalue weighted by molar-refractivity contribution is -0.323. The van der Waals surface area contributed by atoms with E-state index in [4.69, 9.17) is 9.47 Å². The maximum atomic E-state index is 11.1. The van der Waals surface area contributed by atoms with Gasteiger partial charge < -0.3 is 29.9 Å². The molecule has 0 spiro atoms. The van der Waals surface area contributed by atoms with Crippen molar-refractivity contribution in [1.29, 1.82) is 0 Å². The molecule has 1 aromatic rings. The predicted octanol–water partition coefficient (Wildman–Crippen LogP) is -1.04. The van der Waals surface area contributed by atoms with Crippen LogP contribution in [0.3, 0.4) is 0 Å². The van der Waals surface area contributed by atoms with Crippen molar-refractivity contribution < 1.29 is 34.7 Å². The fourth-order valence-electron chi connectivity index (χ4n) is 2.58. The zero-order chi connectivity index (χ0) is 16.3. The maximum absolute atomic E-state index is 11.1. The predicted molar refractivity (Wildman–Crippen MR) is 74.6 cm³/mol. The van der Waals surface area contributed by atoms with Crippen LogP contribution in [0, 0.1) is 0 Å². The summed E-state index contributed by atoms with van der Waals surface area (Å²) in [4.78, 5) is 11.1. The highest BCUT2D eigenvalue weighted by atomic mass is 16.7. The molecule has 22 heavy (non-hydrogen) atoms. The van der Waals surface area contributed by atoms with Crippen molar-refractivity contribution in [3.63, 3.8) is 0 Å². The van der Waals surface area contributed by atoms with Crippen LogP contribution in [0.2, 0.25) is 0 Å². The van der Waals surface area contributed by atoms with Crippen molar-refractivity contribution in [1.82, 2.24) is 0 Å². The van der Waals surface area contributed by atoms with Gasteiger partial charge in [0, 0.05) is 13.3 Å². The van der Waals surface area contributed by atoms with Crippen LogP contribution < -0.4 is 0 Å². The van der Waals surface area contributed by atoms with Crippen molar-refractivity contribution in [3.8, 4) is 0 Å². The van der Waals surface area contributed by atoms with Crippen LogP contribution in [0.15, 0.2) is 30.3 Å². The molecule has 0 bridgehead atoms. The quantitative estimate of drug-likeness (QED) is 0.525. The fourth-order valence-corrected chi connectivity index (χ4v) is 2.58. The van der Waals surface area contributed by atoms with E-state index < -0.39 is 42.8 Å². The van der Waals surface area contributed by atoms with Gasteiger partial charge in [-0.05, 0) is 5.56 Å². The van der Waals surface area contributed by atoms with Gasteiger partial charge in [0.05, 0.1) is 6.61 Å². The third-order valence-electron chi connectivity index (χ3n) is 3.74. The largest absolute Gasteiger partial charge is 0.433 e. The molecule has 1 aromatic carbocycles. The molecule has 1 heterocycles. The van der Waals surface area contributed by atoms with Gasteiger partial charge in [0.25, 0.3) is 0 Å². The first-order chi connectivity index (χ1) is 10.4. The summed E-state index contributed by atoms with van der Waals surface area (Å²) in [7, 11) is 0. The molecule has 0 saturated carbocycles. The monoisotopic (exact) mass is 312 g/mol. The summed E-state index contributed by atoms with van der Waals surface area (Å²) in [5.74, 6) is -0.709. The highest BCUT2D eigenvalue weighted by Crippen LogP contribution is 2.33. The number of aliphatic hydroxyl groups is 4. The Kier molecular flexibility index (Phi) is 5.15. The smallest absolute Gasteiger partial charge is 0.305 e. The number of carbonyl (C=O) groups excluding carboxylic acids is 1. The number of hydrogen-bond donors (Lipinski definition) is 4. The first-order valence-corrected chi connectivity index (χ1v) is 6.94. The van der Waals surface area contributed by atoms with Crippen LogP contribution in [0.1, 0.15) is 12.5 Å². The Labute approximate surface area is 127 Å². The average molecular weight is 312 g/mol. The summed E-state index contributed by atoms with van der Waals surface area (Å²) in [5, 5.41) is 40.6. The number of aliphatic hydroxyl groups excluding tert-OH is 3. The van der Waals surface area contributed by atoms with E-state index in [1.54, 1.807) is 30.3 Å². The lowest BCUT2D eigenvalue weighted by atomic mass is 9.79. The van der Waals surface area contributed by atoms with Crippen LogP contribution >= 0.6 is 0 Å². The molecule has 2 rings (SSSR count). The maximum Gasteiger partial charge on any atom is 0.305 e. The lowest BCUT2D eigenvalue weighted by Gasteiger charge is -2.47. The number of carbonyl (C=O) groups is 1. The van der Waals surface area contributed by atoms with Gasteiger partial charge in [-0.15, -0.1) is 0 Å². The molecule has 5 atom stereocenters. The molecule has 1 unspecified atom stereocenters. The van der Waals surface area contributed by atoms with Crippen molar-refractivity contribution in [2.75, 3.05) is 6.61 Å². The van der Waals surface area contributed by atoms with Gasteiger partial charge >= 0.3 is 5.97 Å². The average Bonchev–Trinajstić information content (AvgIpc) is 2.49. The lowest BCUT2D eigenvalue weighted by Crippen LogP contribution is -2.68. The molecule has 4 N–H and O–H groups in total. The highest BCUT2D eigenvalue weighted by molar-refractivity contribution is 5.66. The van der Waals surface area contributed by atoms with Crippen LogP contribution in [-0.2, 0) is 20.7 Å². The van der Waals surface area contributed by atoms with Gasteiger partial charge in [-0.25, -0.2) is 0 Å². The van der Waals surface area contributed by atoms with Crippen LogP contribution in [0.4, 0.5) is 0 Å². The Balaban J connectivity index is 2.29. The van der Waals surface area contributed by atoms with Crippen LogP contribution in [-0.4, -0.2) is 63.2 Å². The number of rotatable bonds is 4. The Morgan fingerprint density at radius 2 is 1.91 bits per heavy atom. The molecule has 7 nitrogen and oxygen atoms in total. The molecular weight excluding hydrogens is 292 g/mol. The van der Waals surface area contributed by atoms with Crippen molar-refractivity contribution >= 4 is 5.97 Å². The first-order valence-electron chi connectivity index (χ1n) is 6.94. The summed E-state index contributed by atoms with van der Waals surface area (Å²) in [5.41, 5.74) is -1.35. The Hall–Kier alpha value is -1.51. The normalized spacial score (nSPS) is 35.1. The van der Waals surface area contributed by atoms with Gasteiger partial charge in [-0.1, -0.05) is 30.3 Å². The van der Waals surface area contributed by atoms with E-state index in [1.165, 1.54) is 0 Å². The molecule has 1 fully saturated rings. The minimum Gasteiger partial charge on any atom is -0.433 e. The summed E-state index contributed by atoms with van der Waals surface area (Å²) in [6.45, 7) is 0.536. The van der Waals surface area contributed by atoms with E-state index in [2.05, 4.69) is 0 Å². The van der Waals surface area contributed by atoms with Gasteiger partial charge in [0.2, 0.25) is 6.29 Å². The zero-order valence-electron chi connectivity index (χ0n) is 12.1. The molecule has 0 amide bonds. The Morgan fingerprint density at radius 3 is 2.45 bits per heavy atom. The Bertz CT molecular complexity index is 506. The van der Waals surface area contributed by atoms with Crippen LogP contribution in [0.25, 0.3) is 0 Å². The van der Waals surface area contributed by atoms with Crippen LogP contribution in [0.5, 0.6) is 0 Å². The summed E-state index contributed by atoms with van der Waals surface area (Å²) in [6, 6.07) is 8.75. The molecule has 0 radical (unpaired) electrons. The van der Waals surface area contributed by atoms with E-state index in [0.717, 1.165) is 6.92 Å². The zero-order valence-corrected chi connectivity index (χ0v) is 12.1. The third-order valence-corrected chi connectivity index (χ3v) is 3.74. The summed E-state index contributed by atoms with van der Waals surface area (Å²) < 4.78 is 9.97. The third kappa shape index (κ3) is 3.29. The highest BCUT2D eigenvalue weighted by Gasteiger charge is 2.55. The second-order valence-corrected chi connectivity index (χ2v) is 5.38. The van der Waals surface area contributed by atoms with Crippen molar-refractivity contribution in [3.05, 3.63) is 35.9 Å². The SMILES string of the molecule is CC(=O)OC1O[C@H](CO)[C@@H](O)[C@@](O)(Cc2ccccc2)[C@@H]1O. The number of esters is 1. The molecular formula is C15H20O7. The molecule has 1 saturated heterocycles. The second-order valence-electron chi connectivity index (χ2n) is 5.38. The van der Waals surface area contributed by atoms with Gasteiger partial charge in [0.1, 0.15) is 23.9 Å². The molecule has 0 aromatic heterocycles. The van der Waals surface area contributed by atoms with E-state index in [-0.39, 0.29) is 6.42 Å². The molecule has 1 aliphatic heterocycles. The van der Waals surface area contributed by atoms with Crippen molar-refractivity contribution in [2.24, 2.45) is 0 Å². The van der Waals surface area contributed by atoms with Gasteiger partial charge in [-0.3, -0.25) is 4.79 Å². The van der Waals surface area contributed by atoms with Crippen molar-refractivity contribution in [2.45, 2.75) is 43.5 Å². The molecule has 7 heteroatoms. The van der Waals surface area contributed by atoms with E-state index >= 15 is 0 Å². The molecule has 1 aliphatic rings. The standard InChI is InChI=1S/C15H20O7/c1-9(17)21-14-13(19)15(20,12(18)11(8-16)22-14)7-10-5-3-2-4-6-10/h2-6,11-14,16,18-20H,7-8H2,1H3/t11-,12-,13-,14?,15+/m1/s1. The summed E-state index contributed by atoms with van der Waals surface area (Å²) >= 11 is 0. The first kappa shape index (κ1) is 16.9. The number of benzene rings is 1. The topological polar surface area (TPSA) is 116 Å². The minimum absolute atomic E-state index is 0.0895. The summed E-state index contributed by atoms with van der Waals surface area (Å²) in [6.07, 6.45) is -5.93. The second kappa shape index (κ2) is 6.72. The Morgan fingerprint density at radius 1 is 1.27 bits per heavy atom. The number of hydrogen-bond acceptors (Lipinski definition) is 7. The molecule has 0 aliphatic carbocycles.